The molecular formula is C71H134O6. The molecule has 0 saturated carbocycles. The molecule has 0 fully saturated rings. The van der Waals surface area contributed by atoms with Crippen molar-refractivity contribution in [2.24, 2.45) is 0 Å². The van der Waals surface area contributed by atoms with Crippen LogP contribution in [0.3, 0.4) is 0 Å². The van der Waals surface area contributed by atoms with E-state index >= 15 is 0 Å². The van der Waals surface area contributed by atoms with E-state index < -0.39 is 6.10 Å². The Balaban J connectivity index is 4.28. The van der Waals surface area contributed by atoms with Gasteiger partial charge in [0.15, 0.2) is 6.10 Å². The highest BCUT2D eigenvalue weighted by atomic mass is 16.6. The van der Waals surface area contributed by atoms with Crippen molar-refractivity contribution in [2.75, 3.05) is 13.2 Å². The quantitative estimate of drug-likeness (QED) is 0.0261. The van der Waals surface area contributed by atoms with Gasteiger partial charge < -0.3 is 14.2 Å². The summed E-state index contributed by atoms with van der Waals surface area (Å²) in [5.74, 6) is -0.837. The van der Waals surface area contributed by atoms with Crippen molar-refractivity contribution in [1.29, 1.82) is 0 Å². The molecule has 6 nitrogen and oxygen atoms in total. The van der Waals surface area contributed by atoms with Gasteiger partial charge in [0.05, 0.1) is 0 Å². The zero-order valence-electron chi connectivity index (χ0n) is 52.3. The Bertz CT molecular complexity index is 1240. The lowest BCUT2D eigenvalue weighted by Gasteiger charge is -2.18. The summed E-state index contributed by atoms with van der Waals surface area (Å²) in [5.41, 5.74) is 0. The molecule has 0 aliphatic carbocycles. The molecule has 0 aromatic heterocycles. The van der Waals surface area contributed by atoms with E-state index in [0.29, 0.717) is 19.3 Å². The van der Waals surface area contributed by atoms with Gasteiger partial charge in [-0.1, -0.05) is 347 Å². The Morgan fingerprint density at radius 2 is 0.468 bits per heavy atom. The molecule has 0 aromatic carbocycles. The molecule has 0 bridgehead atoms. The van der Waals surface area contributed by atoms with Gasteiger partial charge in [-0.3, -0.25) is 14.4 Å². The van der Waals surface area contributed by atoms with Crippen LogP contribution >= 0.6 is 0 Å². The molecule has 454 valence electrons. The normalized spacial score (nSPS) is 12.1. The maximum Gasteiger partial charge on any atom is 0.306 e. The SMILES string of the molecule is CCCCC/C=C\C/C=C\CCCCCCCCCCCC(=O)OC(COC(=O)CCCCCCCCCCCCCCCCCCC)COC(=O)CCCCCCCCCCCCCCCCCCCCCCCCC. The number of allylic oxidation sites excluding steroid dienone is 4. The highest BCUT2D eigenvalue weighted by Crippen LogP contribution is 2.19. The zero-order valence-corrected chi connectivity index (χ0v) is 52.3. The fourth-order valence-corrected chi connectivity index (χ4v) is 10.7. The lowest BCUT2D eigenvalue weighted by atomic mass is 10.0. The molecule has 0 spiro atoms. The number of rotatable bonds is 65. The number of esters is 3. The summed E-state index contributed by atoms with van der Waals surface area (Å²) in [6.45, 7) is 6.70. The summed E-state index contributed by atoms with van der Waals surface area (Å²) in [5, 5.41) is 0. The molecule has 0 N–H and O–H groups in total. The average Bonchev–Trinajstić information content (AvgIpc) is 3.43. The third-order valence-electron chi connectivity index (χ3n) is 16.0. The second kappa shape index (κ2) is 66.4. The summed E-state index contributed by atoms with van der Waals surface area (Å²) < 4.78 is 17.0. The van der Waals surface area contributed by atoms with E-state index in [1.54, 1.807) is 0 Å². The number of unbranched alkanes of at least 4 members (excludes halogenated alkanes) is 50. The Morgan fingerprint density at radius 1 is 0.260 bits per heavy atom. The van der Waals surface area contributed by atoms with Crippen LogP contribution in [-0.4, -0.2) is 37.2 Å². The molecule has 6 heteroatoms. The molecular weight excluding hydrogens is 949 g/mol. The maximum absolute atomic E-state index is 12.9. The lowest BCUT2D eigenvalue weighted by molar-refractivity contribution is -0.167. The third kappa shape index (κ3) is 64.6. The van der Waals surface area contributed by atoms with Gasteiger partial charge in [0.25, 0.3) is 0 Å². The minimum absolute atomic E-state index is 0.0663. The van der Waals surface area contributed by atoms with Crippen molar-refractivity contribution in [3.8, 4) is 0 Å². The Labute approximate surface area is 481 Å². The van der Waals surface area contributed by atoms with Crippen LogP contribution < -0.4 is 0 Å². The van der Waals surface area contributed by atoms with E-state index in [9.17, 15) is 14.4 Å². The molecule has 0 amide bonds. The minimum atomic E-state index is -0.770. The summed E-state index contributed by atoms with van der Waals surface area (Å²) in [6.07, 6.45) is 80.5. The molecule has 1 atom stereocenters. The Hall–Kier alpha value is -2.11. The first-order chi connectivity index (χ1) is 38.0. The Kier molecular flexibility index (Phi) is 64.6. The predicted molar refractivity (Wildman–Crippen MR) is 335 cm³/mol. The van der Waals surface area contributed by atoms with Gasteiger partial charge in [0.2, 0.25) is 0 Å². The number of ether oxygens (including phenoxy) is 3. The monoisotopic (exact) mass is 1080 g/mol. The summed E-state index contributed by atoms with van der Waals surface area (Å²) >= 11 is 0. The summed E-state index contributed by atoms with van der Waals surface area (Å²) in [7, 11) is 0. The smallest absolute Gasteiger partial charge is 0.306 e. The van der Waals surface area contributed by atoms with Crippen LogP contribution in [0, 0.1) is 0 Å². The molecule has 77 heavy (non-hydrogen) atoms. The summed E-state index contributed by atoms with van der Waals surface area (Å²) in [6, 6.07) is 0. The van der Waals surface area contributed by atoms with Crippen LogP contribution in [0.1, 0.15) is 393 Å². The van der Waals surface area contributed by atoms with Crippen molar-refractivity contribution in [2.45, 2.75) is 399 Å². The van der Waals surface area contributed by atoms with Gasteiger partial charge in [-0.15, -0.1) is 0 Å². The van der Waals surface area contributed by atoms with Gasteiger partial charge in [0, 0.05) is 19.3 Å². The van der Waals surface area contributed by atoms with Crippen molar-refractivity contribution in [3.05, 3.63) is 24.3 Å². The van der Waals surface area contributed by atoms with Gasteiger partial charge in [-0.25, -0.2) is 0 Å². The van der Waals surface area contributed by atoms with Crippen LogP contribution in [0.15, 0.2) is 24.3 Å². The van der Waals surface area contributed by atoms with Crippen LogP contribution in [-0.2, 0) is 28.6 Å². The lowest BCUT2D eigenvalue weighted by Crippen LogP contribution is -2.30. The third-order valence-corrected chi connectivity index (χ3v) is 16.0. The Morgan fingerprint density at radius 3 is 0.740 bits per heavy atom. The summed E-state index contributed by atoms with van der Waals surface area (Å²) in [4.78, 5) is 38.4. The van der Waals surface area contributed by atoms with E-state index in [4.69, 9.17) is 14.2 Å². The molecule has 0 rings (SSSR count). The fraction of sp³-hybridized carbons (Fsp3) is 0.901. The minimum Gasteiger partial charge on any atom is -0.462 e. The van der Waals surface area contributed by atoms with Gasteiger partial charge >= 0.3 is 17.9 Å². The maximum atomic E-state index is 12.9. The van der Waals surface area contributed by atoms with Crippen LogP contribution in [0.2, 0.25) is 0 Å². The van der Waals surface area contributed by atoms with Gasteiger partial charge in [0.1, 0.15) is 13.2 Å². The van der Waals surface area contributed by atoms with Crippen molar-refractivity contribution < 1.29 is 28.6 Å². The number of hydrogen-bond acceptors (Lipinski definition) is 6. The van der Waals surface area contributed by atoms with Crippen molar-refractivity contribution in [3.63, 3.8) is 0 Å². The second-order valence-corrected chi connectivity index (χ2v) is 23.8. The highest BCUT2D eigenvalue weighted by Gasteiger charge is 2.19. The van der Waals surface area contributed by atoms with E-state index in [2.05, 4.69) is 45.1 Å². The molecule has 0 radical (unpaired) electrons. The second-order valence-electron chi connectivity index (χ2n) is 23.8. The number of hydrogen-bond donors (Lipinski definition) is 0. The highest BCUT2D eigenvalue weighted by molar-refractivity contribution is 5.71. The molecule has 0 saturated heterocycles. The molecule has 0 aliphatic heterocycles. The number of carbonyl (C=O) groups is 3. The number of carbonyl (C=O) groups excluding carboxylic acids is 3. The molecule has 0 heterocycles. The first kappa shape index (κ1) is 74.9. The van der Waals surface area contributed by atoms with Gasteiger partial charge in [-0.2, -0.15) is 0 Å². The molecule has 1 unspecified atom stereocenters. The largest absolute Gasteiger partial charge is 0.462 e. The standard InChI is InChI=1S/C71H134O6/c1-4-7-10-13-16-19-22-25-28-31-33-34-35-36-38-40-43-46-49-52-55-58-61-64-70(73)76-67-68(66-75-69(72)63-60-57-54-51-48-45-42-39-30-27-24-21-18-15-12-9-6-3)77-71(74)65-62-59-56-53-50-47-44-41-37-32-29-26-23-20-17-14-11-8-5-2/h17,20,26,29,68H,4-16,18-19,21-25,27-28,30-67H2,1-3H3/b20-17-,29-26-. The fourth-order valence-electron chi connectivity index (χ4n) is 10.7. The van der Waals surface area contributed by atoms with Crippen LogP contribution in [0.4, 0.5) is 0 Å². The van der Waals surface area contributed by atoms with Crippen molar-refractivity contribution >= 4 is 17.9 Å². The van der Waals surface area contributed by atoms with Crippen molar-refractivity contribution in [1.82, 2.24) is 0 Å². The predicted octanol–water partition coefficient (Wildman–Crippen LogP) is 23.8. The zero-order chi connectivity index (χ0) is 55.7. The molecule has 0 aromatic rings. The first-order valence-corrected chi connectivity index (χ1v) is 34.8. The van der Waals surface area contributed by atoms with E-state index in [1.807, 2.05) is 0 Å². The molecule has 0 aliphatic rings. The average molecular weight is 1080 g/mol. The van der Waals surface area contributed by atoms with Crippen LogP contribution in [0.25, 0.3) is 0 Å². The first-order valence-electron chi connectivity index (χ1n) is 34.8. The van der Waals surface area contributed by atoms with Crippen LogP contribution in [0.5, 0.6) is 0 Å². The van der Waals surface area contributed by atoms with E-state index in [-0.39, 0.29) is 31.1 Å². The topological polar surface area (TPSA) is 78.9 Å². The van der Waals surface area contributed by atoms with E-state index in [0.717, 1.165) is 64.2 Å². The van der Waals surface area contributed by atoms with Gasteiger partial charge in [-0.05, 0) is 51.4 Å². The van der Waals surface area contributed by atoms with E-state index in [1.165, 1.54) is 289 Å².